The molecule has 2 rings (SSSR count). The highest BCUT2D eigenvalue weighted by Crippen LogP contribution is 2.15. The predicted molar refractivity (Wildman–Crippen MR) is 119 cm³/mol. The number of hydrogen-bond acceptors (Lipinski definition) is 5. The van der Waals surface area contributed by atoms with E-state index in [9.17, 15) is 4.79 Å². The molecule has 0 saturated carbocycles. The van der Waals surface area contributed by atoms with Gasteiger partial charge in [0.25, 0.3) is 0 Å². The van der Waals surface area contributed by atoms with Gasteiger partial charge in [0.05, 0.1) is 19.4 Å². The van der Waals surface area contributed by atoms with Crippen LogP contribution in [0, 0.1) is 0 Å². The Bertz CT molecular complexity index is 602. The number of carbonyl (C=O) groups is 1. The van der Waals surface area contributed by atoms with E-state index >= 15 is 0 Å². The first kappa shape index (κ1) is 24.5. The number of hydrogen-bond donors (Lipinski definition) is 2. The third-order valence-corrected chi connectivity index (χ3v) is 3.99. The summed E-state index contributed by atoms with van der Waals surface area (Å²) in [6.45, 7) is 8.71. The largest absolute Gasteiger partial charge is 0.469 e. The van der Waals surface area contributed by atoms with Gasteiger partial charge in [0.1, 0.15) is 11.4 Å². The van der Waals surface area contributed by atoms with Crippen molar-refractivity contribution in [1.82, 2.24) is 15.5 Å². The first-order valence-electron chi connectivity index (χ1n) is 9.41. The molecule has 1 aliphatic rings. The average molecular weight is 508 g/mol. The Morgan fingerprint density at radius 1 is 1.43 bits per heavy atom. The van der Waals surface area contributed by atoms with Crippen molar-refractivity contribution in [3.8, 4) is 0 Å². The second-order valence-corrected chi connectivity index (χ2v) is 7.54. The van der Waals surface area contributed by atoms with Crippen molar-refractivity contribution in [1.29, 1.82) is 0 Å². The van der Waals surface area contributed by atoms with E-state index in [1.54, 1.807) is 18.3 Å². The molecule has 0 bridgehead atoms. The van der Waals surface area contributed by atoms with Crippen LogP contribution < -0.4 is 10.6 Å². The summed E-state index contributed by atoms with van der Waals surface area (Å²) >= 11 is 0. The first-order valence-corrected chi connectivity index (χ1v) is 9.41. The van der Waals surface area contributed by atoms with Gasteiger partial charge in [-0.1, -0.05) is 0 Å². The van der Waals surface area contributed by atoms with Gasteiger partial charge in [-0.2, -0.15) is 0 Å². The molecule has 28 heavy (non-hydrogen) atoms. The summed E-state index contributed by atoms with van der Waals surface area (Å²) in [6.07, 6.45) is 3.02. The van der Waals surface area contributed by atoms with Crippen LogP contribution in [0.15, 0.2) is 27.8 Å². The van der Waals surface area contributed by atoms with E-state index in [-0.39, 0.29) is 36.1 Å². The van der Waals surface area contributed by atoms with Gasteiger partial charge >= 0.3 is 6.09 Å². The van der Waals surface area contributed by atoms with E-state index < -0.39 is 5.60 Å². The third-order valence-electron chi connectivity index (χ3n) is 3.99. The smallest absolute Gasteiger partial charge is 0.410 e. The highest BCUT2D eigenvalue weighted by molar-refractivity contribution is 14.0. The van der Waals surface area contributed by atoms with E-state index in [1.807, 2.05) is 32.9 Å². The van der Waals surface area contributed by atoms with Gasteiger partial charge in [0, 0.05) is 39.2 Å². The summed E-state index contributed by atoms with van der Waals surface area (Å²) in [5, 5.41) is 6.72. The van der Waals surface area contributed by atoms with Crippen molar-refractivity contribution in [2.45, 2.75) is 45.3 Å². The van der Waals surface area contributed by atoms with E-state index in [2.05, 4.69) is 15.6 Å². The Morgan fingerprint density at radius 2 is 2.21 bits per heavy atom. The predicted octanol–water partition coefficient (Wildman–Crippen LogP) is 2.63. The molecule has 8 nitrogen and oxygen atoms in total. The molecule has 1 aromatic heterocycles. The summed E-state index contributed by atoms with van der Waals surface area (Å²) in [6, 6.07) is 3.97. The van der Waals surface area contributed by atoms with Crippen LogP contribution in [-0.4, -0.2) is 68.5 Å². The average Bonchev–Trinajstić information content (AvgIpc) is 3.25. The van der Waals surface area contributed by atoms with Crippen LogP contribution in [0.25, 0.3) is 0 Å². The fraction of sp³-hybridized carbons (Fsp3) is 0.684. The number of amides is 1. The number of ether oxygens (including phenoxy) is 2. The number of likely N-dealkylation sites (tertiary alicyclic amines) is 1. The van der Waals surface area contributed by atoms with Crippen LogP contribution in [0.3, 0.4) is 0 Å². The van der Waals surface area contributed by atoms with Crippen molar-refractivity contribution in [3.63, 3.8) is 0 Å². The normalized spacial score (nSPS) is 17.2. The minimum absolute atomic E-state index is 0. The van der Waals surface area contributed by atoms with Gasteiger partial charge in [0.15, 0.2) is 5.96 Å². The standard InChI is InChI=1S/C19H32N4O4.HI/c1-19(2,3)27-18(24)23-11-8-15(14-23)22-17(21-10-13-25-4)20-9-7-16-6-5-12-26-16;/h5-6,12,15H,7-11,13-14H2,1-4H3,(H2,20,21,22);1H. The summed E-state index contributed by atoms with van der Waals surface area (Å²) in [5.41, 5.74) is -0.483. The monoisotopic (exact) mass is 508 g/mol. The molecule has 0 aliphatic carbocycles. The SMILES string of the molecule is COCCN=C(NCCc1ccco1)NC1CCN(C(=O)OC(C)(C)C)C1.I. The van der Waals surface area contributed by atoms with Crippen LogP contribution in [0.4, 0.5) is 4.79 Å². The van der Waals surface area contributed by atoms with Crippen molar-refractivity contribution in [3.05, 3.63) is 24.2 Å². The lowest BCUT2D eigenvalue weighted by Gasteiger charge is -2.24. The van der Waals surface area contributed by atoms with Gasteiger partial charge in [-0.05, 0) is 39.3 Å². The van der Waals surface area contributed by atoms with Gasteiger partial charge in [-0.15, -0.1) is 24.0 Å². The van der Waals surface area contributed by atoms with Crippen molar-refractivity contribution >= 4 is 36.0 Å². The maximum Gasteiger partial charge on any atom is 0.410 e. The number of nitrogens with zero attached hydrogens (tertiary/aromatic N) is 2. The van der Waals surface area contributed by atoms with E-state index in [0.29, 0.717) is 32.8 Å². The molecule has 0 radical (unpaired) electrons. The number of furan rings is 1. The first-order chi connectivity index (χ1) is 12.9. The zero-order valence-electron chi connectivity index (χ0n) is 17.2. The molecule has 1 aromatic rings. The Kier molecular flexibility index (Phi) is 10.7. The summed E-state index contributed by atoms with van der Waals surface area (Å²) in [5.74, 6) is 1.64. The molecule has 1 aliphatic heterocycles. The topological polar surface area (TPSA) is 88.3 Å². The quantitative estimate of drug-likeness (QED) is 0.255. The zero-order chi connectivity index (χ0) is 19.7. The Labute approximate surface area is 184 Å². The number of nitrogens with one attached hydrogen (secondary N) is 2. The molecule has 1 unspecified atom stereocenters. The summed E-state index contributed by atoms with van der Waals surface area (Å²) in [7, 11) is 1.66. The Hall–Kier alpha value is -1.49. The van der Waals surface area contributed by atoms with Crippen molar-refractivity contribution in [2.75, 3.05) is 39.9 Å². The van der Waals surface area contributed by atoms with Crippen LogP contribution >= 0.6 is 24.0 Å². The zero-order valence-corrected chi connectivity index (χ0v) is 19.5. The summed E-state index contributed by atoms with van der Waals surface area (Å²) in [4.78, 5) is 18.5. The Balaban J connectivity index is 0.00000392. The maximum atomic E-state index is 12.2. The fourth-order valence-electron chi connectivity index (χ4n) is 2.72. The summed E-state index contributed by atoms with van der Waals surface area (Å²) < 4.78 is 15.9. The van der Waals surface area contributed by atoms with Gasteiger partial charge in [-0.3, -0.25) is 4.99 Å². The highest BCUT2D eigenvalue weighted by Gasteiger charge is 2.30. The Morgan fingerprint density at radius 3 is 2.86 bits per heavy atom. The lowest BCUT2D eigenvalue weighted by molar-refractivity contribution is 0.0292. The van der Waals surface area contributed by atoms with Crippen molar-refractivity contribution < 1.29 is 18.7 Å². The molecule has 160 valence electrons. The molecule has 2 heterocycles. The maximum absolute atomic E-state index is 12.2. The van der Waals surface area contributed by atoms with E-state index in [0.717, 1.165) is 24.6 Å². The lowest BCUT2D eigenvalue weighted by Crippen LogP contribution is -2.46. The minimum Gasteiger partial charge on any atom is -0.469 e. The number of guanidine groups is 1. The highest BCUT2D eigenvalue weighted by atomic mass is 127. The molecule has 1 atom stereocenters. The van der Waals surface area contributed by atoms with Gasteiger partial charge in [-0.25, -0.2) is 4.79 Å². The number of rotatable bonds is 7. The molecule has 9 heteroatoms. The molecule has 1 amide bonds. The van der Waals surface area contributed by atoms with Crippen LogP contribution in [0.2, 0.25) is 0 Å². The number of carbonyl (C=O) groups excluding carboxylic acids is 1. The molecular weight excluding hydrogens is 475 g/mol. The fourth-order valence-corrected chi connectivity index (χ4v) is 2.72. The molecular formula is C19H33IN4O4. The molecule has 0 aromatic carbocycles. The van der Waals surface area contributed by atoms with E-state index in [4.69, 9.17) is 13.9 Å². The second-order valence-electron chi connectivity index (χ2n) is 7.54. The number of methoxy groups -OCH3 is 1. The van der Waals surface area contributed by atoms with Crippen LogP contribution in [0.1, 0.15) is 33.0 Å². The van der Waals surface area contributed by atoms with Crippen LogP contribution in [0.5, 0.6) is 0 Å². The minimum atomic E-state index is -0.483. The molecule has 0 spiro atoms. The second kappa shape index (κ2) is 12.2. The van der Waals surface area contributed by atoms with Gasteiger partial charge < -0.3 is 29.4 Å². The third kappa shape index (κ3) is 9.13. The lowest BCUT2D eigenvalue weighted by atomic mass is 10.2. The molecule has 1 fully saturated rings. The van der Waals surface area contributed by atoms with Crippen molar-refractivity contribution in [2.24, 2.45) is 4.99 Å². The van der Waals surface area contributed by atoms with Crippen LogP contribution in [-0.2, 0) is 15.9 Å². The molecule has 1 saturated heterocycles. The van der Waals surface area contributed by atoms with E-state index in [1.165, 1.54) is 0 Å². The van der Waals surface area contributed by atoms with Gasteiger partial charge in [0.2, 0.25) is 0 Å². The molecule has 2 N–H and O–H groups in total. The number of aliphatic imine (C=N–C) groups is 1. The number of halogens is 1.